The maximum absolute atomic E-state index is 13.3. The lowest BCUT2D eigenvalue weighted by Gasteiger charge is -2.42. The van der Waals surface area contributed by atoms with E-state index in [-0.39, 0.29) is 41.9 Å². The van der Waals surface area contributed by atoms with Crippen LogP contribution in [0.3, 0.4) is 0 Å². The Morgan fingerprint density at radius 1 is 1.00 bits per heavy atom. The summed E-state index contributed by atoms with van der Waals surface area (Å²) in [5, 5.41) is 1.07. The van der Waals surface area contributed by atoms with Gasteiger partial charge in [-0.1, -0.05) is 34.8 Å². The van der Waals surface area contributed by atoms with Crippen molar-refractivity contribution in [3.63, 3.8) is 0 Å². The number of ether oxygens (including phenoxy) is 2. The van der Waals surface area contributed by atoms with Gasteiger partial charge in [0.25, 0.3) is 0 Å². The summed E-state index contributed by atoms with van der Waals surface area (Å²) in [5.41, 5.74) is 0.375. The van der Waals surface area contributed by atoms with Crippen LogP contribution in [0.4, 0.5) is 0 Å². The average molecular weight is 576 g/mol. The van der Waals surface area contributed by atoms with Crippen LogP contribution in [0.5, 0.6) is 5.75 Å². The van der Waals surface area contributed by atoms with Crippen LogP contribution in [0, 0.1) is 12.3 Å². The molecule has 1 amide bonds. The molecule has 11 heteroatoms. The molecule has 36 heavy (non-hydrogen) atoms. The lowest BCUT2D eigenvalue weighted by Crippen LogP contribution is -2.49. The number of carbonyl (C=O) groups is 1. The molecule has 0 radical (unpaired) electrons. The molecule has 0 atom stereocenters. The number of rotatable bonds is 7. The van der Waals surface area contributed by atoms with Crippen LogP contribution in [-0.4, -0.2) is 69.5 Å². The van der Waals surface area contributed by atoms with Gasteiger partial charge in [-0.25, -0.2) is 8.42 Å². The minimum Gasteiger partial charge on any atom is -0.493 e. The van der Waals surface area contributed by atoms with E-state index in [4.69, 9.17) is 44.3 Å². The van der Waals surface area contributed by atoms with Crippen LogP contribution in [0.2, 0.25) is 15.1 Å². The van der Waals surface area contributed by atoms with E-state index >= 15 is 0 Å². The molecule has 0 bridgehead atoms. The fraction of sp³-hybridized carbons (Fsp3) is 0.480. The van der Waals surface area contributed by atoms with Crippen molar-refractivity contribution in [2.24, 2.45) is 5.41 Å². The van der Waals surface area contributed by atoms with Crippen LogP contribution in [0.25, 0.3) is 0 Å². The predicted molar refractivity (Wildman–Crippen MR) is 141 cm³/mol. The van der Waals surface area contributed by atoms with E-state index in [0.29, 0.717) is 54.9 Å². The maximum Gasteiger partial charge on any atom is 0.244 e. The van der Waals surface area contributed by atoms with Crippen molar-refractivity contribution < 1.29 is 22.7 Å². The van der Waals surface area contributed by atoms with Crippen molar-refractivity contribution in [3.8, 4) is 5.75 Å². The van der Waals surface area contributed by atoms with Gasteiger partial charge in [0.1, 0.15) is 10.6 Å². The number of benzene rings is 2. The zero-order valence-corrected chi connectivity index (χ0v) is 23.1. The summed E-state index contributed by atoms with van der Waals surface area (Å²) in [6.07, 6.45) is 1.20. The summed E-state index contributed by atoms with van der Waals surface area (Å²) in [6, 6.07) is 9.84. The third kappa shape index (κ3) is 6.29. The monoisotopic (exact) mass is 574 g/mol. The second-order valence-electron chi connectivity index (χ2n) is 9.35. The Kier molecular flexibility index (Phi) is 8.75. The molecular weight excluding hydrogens is 547 g/mol. The number of sulfonamides is 1. The Labute approximate surface area is 227 Å². The van der Waals surface area contributed by atoms with Crippen LogP contribution in [0.15, 0.2) is 41.3 Å². The quantitative estimate of drug-likeness (QED) is 0.462. The van der Waals surface area contributed by atoms with Crippen LogP contribution < -0.4 is 4.74 Å². The standard InChI is InChI=1S/C25H29Cl3N2O5S/c1-18-14-20(3-5-21(18)27)35-17-25(16-24(31)29-10-12-34-13-11-29)6-8-30(9-7-25)36(32,33)23-15-19(26)2-4-22(23)28/h2-5,14-15H,6-13,16-17H2,1H3. The Morgan fingerprint density at radius 2 is 1.67 bits per heavy atom. The fourth-order valence-electron chi connectivity index (χ4n) is 4.58. The van der Waals surface area contributed by atoms with Crippen LogP contribution in [-0.2, 0) is 19.6 Å². The molecule has 2 aliphatic heterocycles. The number of nitrogens with zero attached hydrogens (tertiary/aromatic N) is 2. The summed E-state index contributed by atoms with van der Waals surface area (Å²) < 4.78 is 39.6. The highest BCUT2D eigenvalue weighted by Gasteiger charge is 2.42. The zero-order chi connectivity index (χ0) is 25.9. The third-order valence-corrected chi connectivity index (χ3v) is 9.90. The molecule has 4 rings (SSSR count). The third-order valence-electron chi connectivity index (χ3n) is 6.86. The largest absolute Gasteiger partial charge is 0.493 e. The van der Waals surface area contributed by atoms with E-state index in [0.717, 1.165) is 5.56 Å². The molecule has 0 saturated carbocycles. The van der Waals surface area contributed by atoms with Crippen molar-refractivity contribution in [3.05, 3.63) is 57.0 Å². The van der Waals surface area contributed by atoms with Crippen molar-refractivity contribution in [1.29, 1.82) is 0 Å². The Morgan fingerprint density at radius 3 is 2.33 bits per heavy atom. The first kappa shape index (κ1) is 27.5. The van der Waals surface area contributed by atoms with E-state index in [2.05, 4.69) is 0 Å². The highest BCUT2D eigenvalue weighted by Crippen LogP contribution is 2.39. The maximum atomic E-state index is 13.3. The number of halogens is 3. The minimum absolute atomic E-state index is 0.0125. The molecule has 0 N–H and O–H groups in total. The van der Waals surface area contributed by atoms with Gasteiger partial charge in [0.2, 0.25) is 15.9 Å². The molecule has 2 aromatic rings. The van der Waals surface area contributed by atoms with Gasteiger partial charge in [0, 0.05) is 48.1 Å². The number of piperidine rings is 1. The summed E-state index contributed by atoms with van der Waals surface area (Å²) >= 11 is 18.4. The highest BCUT2D eigenvalue weighted by molar-refractivity contribution is 7.89. The minimum atomic E-state index is -3.84. The average Bonchev–Trinajstić information content (AvgIpc) is 2.87. The zero-order valence-electron chi connectivity index (χ0n) is 20.0. The first-order chi connectivity index (χ1) is 17.1. The van der Waals surface area contributed by atoms with Gasteiger partial charge < -0.3 is 14.4 Å². The summed E-state index contributed by atoms with van der Waals surface area (Å²) in [7, 11) is -3.84. The van der Waals surface area contributed by atoms with Crippen molar-refractivity contribution in [1.82, 2.24) is 9.21 Å². The second-order valence-corrected chi connectivity index (χ2v) is 12.5. The summed E-state index contributed by atoms with van der Waals surface area (Å²) in [4.78, 5) is 15.0. The second kappa shape index (κ2) is 11.5. The molecule has 2 aromatic carbocycles. The molecular formula is C25H29Cl3N2O5S. The van der Waals surface area contributed by atoms with Gasteiger partial charge in [0.15, 0.2) is 0 Å². The first-order valence-corrected chi connectivity index (χ1v) is 14.4. The Hall–Kier alpha value is -1.55. The predicted octanol–water partition coefficient (Wildman–Crippen LogP) is 5.05. The molecule has 196 valence electrons. The molecule has 2 heterocycles. The van der Waals surface area contributed by atoms with Gasteiger partial charge in [-0.15, -0.1) is 0 Å². The number of carbonyl (C=O) groups excluding carboxylic acids is 1. The fourth-order valence-corrected chi connectivity index (χ4v) is 6.87. The van der Waals surface area contributed by atoms with Crippen molar-refractivity contribution in [2.75, 3.05) is 46.0 Å². The number of morpholine rings is 1. The van der Waals surface area contributed by atoms with E-state index in [1.54, 1.807) is 18.2 Å². The number of hydrogen-bond donors (Lipinski definition) is 0. The molecule has 7 nitrogen and oxygen atoms in total. The lowest BCUT2D eigenvalue weighted by atomic mass is 9.76. The Balaban J connectivity index is 1.52. The van der Waals surface area contributed by atoms with E-state index in [9.17, 15) is 13.2 Å². The molecule has 0 aromatic heterocycles. The van der Waals surface area contributed by atoms with Gasteiger partial charge in [-0.3, -0.25) is 4.79 Å². The van der Waals surface area contributed by atoms with Crippen molar-refractivity contribution in [2.45, 2.75) is 31.1 Å². The summed E-state index contributed by atoms with van der Waals surface area (Å²) in [6.45, 7) is 4.82. The highest BCUT2D eigenvalue weighted by atomic mass is 35.5. The van der Waals surface area contributed by atoms with Gasteiger partial charge in [-0.05, 0) is 61.7 Å². The van der Waals surface area contributed by atoms with E-state index in [1.807, 2.05) is 17.9 Å². The smallest absolute Gasteiger partial charge is 0.244 e. The lowest BCUT2D eigenvalue weighted by molar-refractivity contribution is -0.139. The molecule has 2 fully saturated rings. The van der Waals surface area contributed by atoms with Gasteiger partial charge in [0.05, 0.1) is 24.8 Å². The molecule has 0 unspecified atom stereocenters. The van der Waals surface area contributed by atoms with Gasteiger partial charge in [-0.2, -0.15) is 4.31 Å². The molecule has 2 saturated heterocycles. The van der Waals surface area contributed by atoms with Crippen molar-refractivity contribution >= 4 is 50.7 Å². The van der Waals surface area contributed by atoms with Crippen LogP contribution >= 0.6 is 34.8 Å². The van der Waals surface area contributed by atoms with Gasteiger partial charge >= 0.3 is 0 Å². The van der Waals surface area contributed by atoms with E-state index in [1.165, 1.54) is 16.4 Å². The Bertz CT molecular complexity index is 1210. The number of hydrogen-bond acceptors (Lipinski definition) is 5. The topological polar surface area (TPSA) is 76.2 Å². The first-order valence-electron chi connectivity index (χ1n) is 11.8. The summed E-state index contributed by atoms with van der Waals surface area (Å²) in [5.74, 6) is 0.694. The molecule has 0 spiro atoms. The normalized spacial score (nSPS) is 18.7. The SMILES string of the molecule is Cc1cc(OCC2(CC(=O)N3CCOCC3)CCN(S(=O)(=O)c3cc(Cl)ccc3Cl)CC2)ccc1Cl. The number of aryl methyl sites for hydroxylation is 1. The molecule has 2 aliphatic rings. The van der Waals surface area contributed by atoms with Crippen LogP contribution in [0.1, 0.15) is 24.8 Å². The van der Waals surface area contributed by atoms with E-state index < -0.39 is 15.4 Å². The molecule has 0 aliphatic carbocycles. The number of amides is 1.